The van der Waals surface area contributed by atoms with Crippen LogP contribution in [0.4, 0.5) is 5.82 Å². The third-order valence-electron chi connectivity index (χ3n) is 2.99. The first-order valence-electron chi connectivity index (χ1n) is 6.32. The van der Waals surface area contributed by atoms with E-state index in [1.54, 1.807) is 4.90 Å². The number of nitrogens with zero attached hydrogens (tertiary/aromatic N) is 3. The molecule has 1 aliphatic rings. The van der Waals surface area contributed by atoms with Crippen molar-refractivity contribution >= 4 is 11.7 Å². The van der Waals surface area contributed by atoms with Crippen molar-refractivity contribution in [3.8, 4) is 0 Å². The molecule has 1 aliphatic heterocycles. The fourth-order valence-electron chi connectivity index (χ4n) is 2.22. The normalized spacial score (nSPS) is 21.6. The number of nitrogens with two attached hydrogens (primary N) is 1. The number of nitrogens with one attached hydrogen (secondary N) is 1. The molecule has 1 amide bonds. The average Bonchev–Trinajstić information content (AvgIpc) is 2.44. The number of carbonyl (C=O) groups excluding carboxylic acids is 1. The van der Waals surface area contributed by atoms with Gasteiger partial charge in [-0.3, -0.25) is 4.79 Å². The number of carbonyl (C=O) groups is 1. The minimum Gasteiger partial charge on any atom is -0.394 e. The van der Waals surface area contributed by atoms with Gasteiger partial charge in [0.2, 0.25) is 0 Å². The molecule has 1 aromatic rings. The van der Waals surface area contributed by atoms with Crippen LogP contribution in [-0.4, -0.2) is 57.3 Å². The maximum absolute atomic E-state index is 12.4. The van der Waals surface area contributed by atoms with Crippen LogP contribution in [0.1, 0.15) is 24.3 Å². The number of nitrogen functional groups attached to an aromatic ring is 1. The van der Waals surface area contributed by atoms with Gasteiger partial charge in [0, 0.05) is 13.1 Å². The molecule has 2 heterocycles. The first kappa shape index (κ1) is 14.6. The number of hydrogen-bond acceptors (Lipinski definition) is 7. The predicted octanol–water partition coefficient (Wildman–Crippen LogP) is -0.626. The summed E-state index contributed by atoms with van der Waals surface area (Å²) in [5, 5.41) is 9.25. The lowest BCUT2D eigenvalue weighted by Crippen LogP contribution is -2.55. The summed E-state index contributed by atoms with van der Waals surface area (Å²) in [6.45, 7) is 4.39. The van der Waals surface area contributed by atoms with Gasteiger partial charge in [-0.05, 0) is 13.8 Å². The number of aromatic nitrogens is 2. The van der Waals surface area contributed by atoms with Gasteiger partial charge in [0.05, 0.1) is 30.7 Å². The number of morpholine rings is 1. The smallest absolute Gasteiger partial charge is 0.274 e. The number of aliphatic hydroxyl groups is 1. The number of hydrogen-bond donors (Lipinski definition) is 3. The van der Waals surface area contributed by atoms with Crippen LogP contribution in [0.5, 0.6) is 0 Å². The quantitative estimate of drug-likeness (QED) is 0.499. The van der Waals surface area contributed by atoms with E-state index in [1.807, 2.05) is 13.8 Å². The Kier molecular flexibility index (Phi) is 4.17. The van der Waals surface area contributed by atoms with Crippen molar-refractivity contribution in [2.45, 2.75) is 25.6 Å². The Morgan fingerprint density at radius 3 is 2.90 bits per heavy atom. The van der Waals surface area contributed by atoms with Crippen LogP contribution in [0.15, 0.2) is 12.4 Å². The number of amides is 1. The molecule has 0 bridgehead atoms. The largest absolute Gasteiger partial charge is 0.394 e. The molecule has 8 nitrogen and oxygen atoms in total. The van der Waals surface area contributed by atoms with E-state index in [1.165, 1.54) is 12.4 Å². The van der Waals surface area contributed by atoms with Gasteiger partial charge in [-0.1, -0.05) is 0 Å². The molecule has 20 heavy (non-hydrogen) atoms. The highest BCUT2D eigenvalue weighted by atomic mass is 16.5. The first-order chi connectivity index (χ1) is 9.45. The van der Waals surface area contributed by atoms with Crippen molar-refractivity contribution in [1.29, 1.82) is 0 Å². The molecule has 0 aromatic carbocycles. The molecule has 4 N–H and O–H groups in total. The highest BCUT2D eigenvalue weighted by Crippen LogP contribution is 2.22. The van der Waals surface area contributed by atoms with Gasteiger partial charge in [0.25, 0.3) is 5.91 Å². The molecule has 1 saturated heterocycles. The maximum Gasteiger partial charge on any atom is 0.274 e. The van der Waals surface area contributed by atoms with E-state index in [0.29, 0.717) is 18.9 Å². The van der Waals surface area contributed by atoms with E-state index >= 15 is 0 Å². The number of anilines is 1. The van der Waals surface area contributed by atoms with E-state index in [-0.39, 0.29) is 24.3 Å². The lowest BCUT2D eigenvalue weighted by atomic mass is 10.0. The number of ether oxygens (including phenoxy) is 1. The molecule has 8 heteroatoms. The van der Waals surface area contributed by atoms with Gasteiger partial charge in [-0.25, -0.2) is 15.8 Å². The van der Waals surface area contributed by atoms with Gasteiger partial charge >= 0.3 is 0 Å². The maximum atomic E-state index is 12.4. The summed E-state index contributed by atoms with van der Waals surface area (Å²) >= 11 is 0. The van der Waals surface area contributed by atoms with Gasteiger partial charge in [0.15, 0.2) is 5.82 Å². The SMILES string of the molecule is CC1(C)CN(C(=O)c2cnc(NN)cn2)CC(CO)O1. The third kappa shape index (κ3) is 3.21. The molecule has 0 spiro atoms. The minimum atomic E-state index is -0.506. The summed E-state index contributed by atoms with van der Waals surface area (Å²) in [4.78, 5) is 22.0. The van der Waals surface area contributed by atoms with Crippen LogP contribution < -0.4 is 11.3 Å². The lowest BCUT2D eigenvalue weighted by molar-refractivity contribution is -0.139. The molecular formula is C12H19N5O3. The lowest BCUT2D eigenvalue weighted by Gasteiger charge is -2.42. The van der Waals surface area contributed by atoms with Crippen molar-refractivity contribution < 1.29 is 14.6 Å². The van der Waals surface area contributed by atoms with Gasteiger partial charge in [-0.2, -0.15) is 0 Å². The Balaban J connectivity index is 2.14. The van der Waals surface area contributed by atoms with E-state index in [9.17, 15) is 9.90 Å². The van der Waals surface area contributed by atoms with Crippen molar-refractivity contribution in [3.63, 3.8) is 0 Å². The molecule has 110 valence electrons. The van der Waals surface area contributed by atoms with Crippen molar-refractivity contribution in [2.24, 2.45) is 5.84 Å². The summed E-state index contributed by atoms with van der Waals surface area (Å²) in [6.07, 6.45) is 2.37. The second kappa shape index (κ2) is 5.70. The van der Waals surface area contributed by atoms with Crippen molar-refractivity contribution in [3.05, 3.63) is 18.1 Å². The second-order valence-electron chi connectivity index (χ2n) is 5.30. The van der Waals surface area contributed by atoms with Crippen LogP contribution in [0.25, 0.3) is 0 Å². The van der Waals surface area contributed by atoms with Crippen LogP contribution >= 0.6 is 0 Å². The van der Waals surface area contributed by atoms with E-state index in [4.69, 9.17) is 10.6 Å². The highest BCUT2D eigenvalue weighted by Gasteiger charge is 2.36. The zero-order valence-corrected chi connectivity index (χ0v) is 11.5. The minimum absolute atomic E-state index is 0.130. The second-order valence-corrected chi connectivity index (χ2v) is 5.30. The third-order valence-corrected chi connectivity index (χ3v) is 2.99. The van der Waals surface area contributed by atoms with E-state index in [0.717, 1.165) is 0 Å². The highest BCUT2D eigenvalue weighted by molar-refractivity contribution is 5.92. The molecule has 1 fully saturated rings. The molecule has 0 radical (unpaired) electrons. The molecule has 1 unspecified atom stereocenters. The summed E-state index contributed by atoms with van der Waals surface area (Å²) in [7, 11) is 0. The monoisotopic (exact) mass is 281 g/mol. The molecule has 2 rings (SSSR count). The van der Waals surface area contributed by atoms with Crippen LogP contribution in [-0.2, 0) is 4.74 Å². The standard InChI is InChI=1S/C12H19N5O3/c1-12(2)7-17(5-8(6-18)20-12)11(19)9-3-15-10(16-13)4-14-9/h3-4,8,18H,5-7,13H2,1-2H3,(H,15,16). The molecule has 1 aromatic heterocycles. The van der Waals surface area contributed by atoms with Gasteiger partial charge in [0.1, 0.15) is 5.69 Å². The van der Waals surface area contributed by atoms with Crippen LogP contribution in [0.2, 0.25) is 0 Å². The topological polar surface area (TPSA) is 114 Å². The fourth-order valence-corrected chi connectivity index (χ4v) is 2.22. The number of hydrazine groups is 1. The molecule has 0 aliphatic carbocycles. The van der Waals surface area contributed by atoms with Crippen molar-refractivity contribution in [2.75, 3.05) is 25.1 Å². The van der Waals surface area contributed by atoms with E-state index < -0.39 is 5.60 Å². The number of rotatable bonds is 3. The summed E-state index contributed by atoms with van der Waals surface area (Å²) < 4.78 is 5.67. The summed E-state index contributed by atoms with van der Waals surface area (Å²) in [5.74, 6) is 5.34. The van der Waals surface area contributed by atoms with Gasteiger partial charge < -0.3 is 20.2 Å². The zero-order chi connectivity index (χ0) is 14.8. The summed E-state index contributed by atoms with van der Waals surface area (Å²) in [6, 6.07) is 0. The molecule has 0 saturated carbocycles. The Labute approximate surface area is 116 Å². The molecular weight excluding hydrogens is 262 g/mol. The number of aliphatic hydroxyl groups excluding tert-OH is 1. The van der Waals surface area contributed by atoms with Crippen LogP contribution in [0, 0.1) is 0 Å². The Morgan fingerprint density at radius 2 is 2.35 bits per heavy atom. The van der Waals surface area contributed by atoms with E-state index in [2.05, 4.69) is 15.4 Å². The fraction of sp³-hybridized carbons (Fsp3) is 0.583. The van der Waals surface area contributed by atoms with Crippen molar-refractivity contribution in [1.82, 2.24) is 14.9 Å². The zero-order valence-electron chi connectivity index (χ0n) is 11.5. The Morgan fingerprint density at radius 1 is 1.60 bits per heavy atom. The Bertz CT molecular complexity index is 476. The predicted molar refractivity (Wildman–Crippen MR) is 71.8 cm³/mol. The van der Waals surface area contributed by atoms with Crippen LogP contribution in [0.3, 0.4) is 0 Å². The molecule has 1 atom stereocenters. The summed E-state index contributed by atoms with van der Waals surface area (Å²) in [5.41, 5.74) is 2.08. The Hall–Kier alpha value is -1.77. The first-order valence-corrected chi connectivity index (χ1v) is 6.32. The average molecular weight is 281 g/mol. The van der Waals surface area contributed by atoms with Gasteiger partial charge in [-0.15, -0.1) is 0 Å².